The molecule has 0 saturated carbocycles. The first-order valence-electron chi connectivity index (χ1n) is 7.05. The maximum absolute atomic E-state index is 11.5. The number of hydrogen-bond acceptors (Lipinski definition) is 4. The molecule has 3 aromatic rings. The molecule has 0 atom stereocenters. The molecule has 0 spiro atoms. The summed E-state index contributed by atoms with van der Waals surface area (Å²) in [6.45, 7) is 0.308. The van der Waals surface area contributed by atoms with E-state index in [0.29, 0.717) is 23.7 Å². The van der Waals surface area contributed by atoms with Crippen LogP contribution in [0.3, 0.4) is 0 Å². The summed E-state index contributed by atoms with van der Waals surface area (Å²) in [5.74, 6) is -0.253. The van der Waals surface area contributed by atoms with Crippen LogP contribution in [-0.4, -0.2) is 21.0 Å². The Kier molecular flexibility index (Phi) is 4.29. The number of carboxylic acids is 1. The Morgan fingerprint density at radius 3 is 2.43 bits per heavy atom. The molecular weight excluding hydrogens is 292 g/mol. The van der Waals surface area contributed by atoms with Crippen LogP contribution in [0.4, 0.5) is 0 Å². The molecule has 0 bridgehead atoms. The van der Waals surface area contributed by atoms with Gasteiger partial charge in [0.05, 0.1) is 0 Å². The van der Waals surface area contributed by atoms with Crippen molar-refractivity contribution in [2.75, 3.05) is 0 Å². The second-order valence-corrected chi connectivity index (χ2v) is 4.86. The molecule has 0 aliphatic carbocycles. The fraction of sp³-hybridized carbons (Fsp3) is 0.0556. The summed E-state index contributed by atoms with van der Waals surface area (Å²) in [7, 11) is 0. The van der Waals surface area contributed by atoms with Gasteiger partial charge >= 0.3 is 5.97 Å². The van der Waals surface area contributed by atoms with Crippen molar-refractivity contribution in [1.29, 1.82) is 0 Å². The van der Waals surface area contributed by atoms with Crippen molar-refractivity contribution < 1.29 is 14.6 Å². The Morgan fingerprint density at radius 1 is 1.00 bits per heavy atom. The van der Waals surface area contributed by atoms with E-state index in [4.69, 9.17) is 4.74 Å². The quantitative estimate of drug-likeness (QED) is 0.782. The summed E-state index contributed by atoms with van der Waals surface area (Å²) in [5, 5.41) is 9.41. The van der Waals surface area contributed by atoms with Crippen LogP contribution in [0.1, 0.15) is 15.9 Å². The zero-order valence-electron chi connectivity index (χ0n) is 12.2. The van der Waals surface area contributed by atoms with Crippen molar-refractivity contribution in [3.05, 3.63) is 78.1 Å². The van der Waals surface area contributed by atoms with E-state index >= 15 is 0 Å². The monoisotopic (exact) mass is 306 g/mol. The average Bonchev–Trinajstić information content (AvgIpc) is 2.61. The molecule has 0 saturated heterocycles. The maximum atomic E-state index is 11.5. The molecule has 0 amide bonds. The Morgan fingerprint density at radius 2 is 1.74 bits per heavy atom. The van der Waals surface area contributed by atoms with Crippen LogP contribution in [0, 0.1) is 0 Å². The van der Waals surface area contributed by atoms with Crippen molar-refractivity contribution in [3.63, 3.8) is 0 Å². The Labute approximate surface area is 133 Å². The molecule has 0 radical (unpaired) electrons. The van der Waals surface area contributed by atoms with Crippen LogP contribution < -0.4 is 4.74 Å². The number of aromatic nitrogens is 2. The van der Waals surface area contributed by atoms with Gasteiger partial charge in [-0.3, -0.25) is 0 Å². The van der Waals surface area contributed by atoms with Crippen LogP contribution in [0.15, 0.2) is 67.0 Å². The summed E-state index contributed by atoms with van der Waals surface area (Å²) < 4.78 is 5.65. The van der Waals surface area contributed by atoms with Crippen molar-refractivity contribution in [2.45, 2.75) is 6.61 Å². The Bertz CT molecular complexity index is 805. The average molecular weight is 306 g/mol. The minimum atomic E-state index is -1.05. The van der Waals surface area contributed by atoms with Gasteiger partial charge in [-0.15, -0.1) is 0 Å². The zero-order chi connectivity index (χ0) is 16.1. The summed E-state index contributed by atoms with van der Waals surface area (Å²) >= 11 is 0. The van der Waals surface area contributed by atoms with Gasteiger partial charge in [0.2, 0.25) is 0 Å². The Hall–Kier alpha value is -3.21. The first kappa shape index (κ1) is 14.7. The fourth-order valence-corrected chi connectivity index (χ4v) is 2.15. The van der Waals surface area contributed by atoms with Gasteiger partial charge < -0.3 is 9.84 Å². The van der Waals surface area contributed by atoms with E-state index in [1.807, 2.05) is 30.3 Å². The summed E-state index contributed by atoms with van der Waals surface area (Å²) in [6.07, 6.45) is 3.23. The molecule has 2 aromatic carbocycles. The third kappa shape index (κ3) is 3.52. The number of ether oxygens (including phenoxy) is 1. The summed E-state index contributed by atoms with van der Waals surface area (Å²) in [6, 6.07) is 16.2. The largest absolute Gasteiger partial charge is 0.488 e. The van der Waals surface area contributed by atoms with Gasteiger partial charge in [0.25, 0.3) is 0 Å². The third-order valence-corrected chi connectivity index (χ3v) is 3.27. The second-order valence-electron chi connectivity index (χ2n) is 4.86. The van der Waals surface area contributed by atoms with E-state index in [1.165, 1.54) is 6.07 Å². The minimum absolute atomic E-state index is 0.0888. The van der Waals surface area contributed by atoms with Gasteiger partial charge in [-0.2, -0.15) is 0 Å². The van der Waals surface area contributed by atoms with Gasteiger partial charge in [0.1, 0.15) is 17.9 Å². The van der Waals surface area contributed by atoms with Crippen LogP contribution in [0.5, 0.6) is 5.75 Å². The molecule has 0 unspecified atom stereocenters. The van der Waals surface area contributed by atoms with Crippen LogP contribution in [-0.2, 0) is 6.61 Å². The molecule has 0 aliphatic heterocycles. The number of hydrogen-bond donors (Lipinski definition) is 1. The van der Waals surface area contributed by atoms with Crippen molar-refractivity contribution >= 4 is 5.97 Å². The molecule has 3 rings (SSSR count). The molecule has 1 aromatic heterocycles. The van der Waals surface area contributed by atoms with E-state index in [-0.39, 0.29) is 5.56 Å². The van der Waals surface area contributed by atoms with Crippen LogP contribution in [0.2, 0.25) is 0 Å². The SMILES string of the molecule is O=C(O)c1cc(-c2ncccn2)ccc1OCc1ccccc1. The van der Waals surface area contributed by atoms with Crippen molar-refractivity contribution in [2.24, 2.45) is 0 Å². The highest BCUT2D eigenvalue weighted by molar-refractivity contribution is 5.92. The smallest absolute Gasteiger partial charge is 0.339 e. The molecular formula is C18H14N2O3. The molecule has 0 fully saturated rings. The third-order valence-electron chi connectivity index (χ3n) is 3.27. The number of carboxylic acid groups (broad SMARTS) is 1. The molecule has 114 valence electrons. The standard InChI is InChI=1S/C18H14N2O3/c21-18(22)15-11-14(17-19-9-4-10-20-17)7-8-16(15)23-12-13-5-2-1-3-6-13/h1-11H,12H2,(H,21,22). The minimum Gasteiger partial charge on any atom is -0.488 e. The van der Waals surface area contributed by atoms with E-state index < -0.39 is 5.97 Å². The summed E-state index contributed by atoms with van der Waals surface area (Å²) in [5.41, 5.74) is 1.69. The number of carbonyl (C=O) groups is 1. The van der Waals surface area contributed by atoms with Crippen LogP contribution >= 0.6 is 0 Å². The maximum Gasteiger partial charge on any atom is 0.339 e. The lowest BCUT2D eigenvalue weighted by molar-refractivity contribution is 0.0692. The number of benzene rings is 2. The molecule has 5 nitrogen and oxygen atoms in total. The lowest BCUT2D eigenvalue weighted by Crippen LogP contribution is -2.04. The highest BCUT2D eigenvalue weighted by atomic mass is 16.5. The second kappa shape index (κ2) is 6.70. The fourth-order valence-electron chi connectivity index (χ4n) is 2.15. The first-order valence-corrected chi connectivity index (χ1v) is 7.05. The van der Waals surface area contributed by atoms with E-state index in [1.54, 1.807) is 30.6 Å². The lowest BCUT2D eigenvalue weighted by atomic mass is 10.1. The van der Waals surface area contributed by atoms with Crippen molar-refractivity contribution in [3.8, 4) is 17.1 Å². The van der Waals surface area contributed by atoms with Gasteiger partial charge in [0, 0.05) is 18.0 Å². The molecule has 0 aliphatic rings. The normalized spacial score (nSPS) is 10.3. The number of aromatic carboxylic acids is 1. The van der Waals surface area contributed by atoms with Gasteiger partial charge in [-0.1, -0.05) is 30.3 Å². The highest BCUT2D eigenvalue weighted by Gasteiger charge is 2.14. The van der Waals surface area contributed by atoms with E-state index in [2.05, 4.69) is 9.97 Å². The van der Waals surface area contributed by atoms with Crippen molar-refractivity contribution in [1.82, 2.24) is 9.97 Å². The molecule has 23 heavy (non-hydrogen) atoms. The van der Waals surface area contributed by atoms with E-state index in [9.17, 15) is 9.90 Å². The van der Waals surface area contributed by atoms with Gasteiger partial charge in [0.15, 0.2) is 5.82 Å². The molecule has 1 N–H and O–H groups in total. The predicted octanol–water partition coefficient (Wildman–Crippen LogP) is 3.42. The zero-order valence-corrected chi connectivity index (χ0v) is 12.2. The Balaban J connectivity index is 1.87. The number of rotatable bonds is 5. The molecule has 5 heteroatoms. The van der Waals surface area contributed by atoms with Gasteiger partial charge in [-0.05, 0) is 29.8 Å². The molecule has 1 heterocycles. The first-order chi connectivity index (χ1) is 11.2. The highest BCUT2D eigenvalue weighted by Crippen LogP contribution is 2.25. The predicted molar refractivity (Wildman–Crippen MR) is 85.2 cm³/mol. The van der Waals surface area contributed by atoms with Crippen LogP contribution in [0.25, 0.3) is 11.4 Å². The van der Waals surface area contributed by atoms with E-state index in [0.717, 1.165) is 5.56 Å². The lowest BCUT2D eigenvalue weighted by Gasteiger charge is -2.10. The van der Waals surface area contributed by atoms with Gasteiger partial charge in [-0.25, -0.2) is 14.8 Å². The number of nitrogens with zero attached hydrogens (tertiary/aromatic N) is 2. The summed E-state index contributed by atoms with van der Waals surface area (Å²) in [4.78, 5) is 19.8. The topological polar surface area (TPSA) is 72.3 Å².